The molecular formula is C22H22ClN5S. The SMILES string of the molecule is Clc1ccc(-n2c(-c3cnc(C4CCCNCCC4)s3)nc3ccncc32)cc1. The lowest BCUT2D eigenvalue weighted by Gasteiger charge is -2.17. The highest BCUT2D eigenvalue weighted by molar-refractivity contribution is 7.15. The molecule has 1 aromatic carbocycles. The standard InChI is InChI=1S/C22H22ClN5S/c23-16-5-7-17(8-6-16)28-19-13-25-12-9-18(19)27-21(28)20-14-26-22(29-20)15-3-1-10-24-11-2-4-15/h5-9,12-15,24H,1-4,10-11H2. The van der Waals surface area contributed by atoms with Gasteiger partial charge in [-0.25, -0.2) is 9.97 Å². The summed E-state index contributed by atoms with van der Waals surface area (Å²) in [6.07, 6.45) is 10.4. The van der Waals surface area contributed by atoms with E-state index in [4.69, 9.17) is 21.6 Å². The van der Waals surface area contributed by atoms with Gasteiger partial charge < -0.3 is 5.32 Å². The predicted molar refractivity (Wildman–Crippen MR) is 119 cm³/mol. The largest absolute Gasteiger partial charge is 0.317 e. The number of halogens is 1. The normalized spacial score (nSPS) is 16.0. The van der Waals surface area contributed by atoms with Crippen molar-refractivity contribution in [2.75, 3.05) is 13.1 Å². The van der Waals surface area contributed by atoms with Crippen molar-refractivity contribution in [1.29, 1.82) is 0 Å². The van der Waals surface area contributed by atoms with E-state index in [0.29, 0.717) is 5.92 Å². The van der Waals surface area contributed by atoms with Crippen molar-refractivity contribution in [2.24, 2.45) is 0 Å². The van der Waals surface area contributed by atoms with Crippen molar-refractivity contribution < 1.29 is 0 Å². The van der Waals surface area contributed by atoms with Gasteiger partial charge in [0.1, 0.15) is 0 Å². The second kappa shape index (κ2) is 8.22. The van der Waals surface area contributed by atoms with Crippen molar-refractivity contribution >= 4 is 34.0 Å². The number of imidazole rings is 1. The van der Waals surface area contributed by atoms with Crippen LogP contribution in [0.1, 0.15) is 36.6 Å². The Morgan fingerprint density at radius 1 is 1.03 bits per heavy atom. The second-order valence-electron chi connectivity index (χ2n) is 7.41. The van der Waals surface area contributed by atoms with Crippen LogP contribution in [0.3, 0.4) is 0 Å². The van der Waals surface area contributed by atoms with Gasteiger partial charge >= 0.3 is 0 Å². The van der Waals surface area contributed by atoms with Crippen molar-refractivity contribution in [2.45, 2.75) is 31.6 Å². The molecule has 0 bridgehead atoms. The highest BCUT2D eigenvalue weighted by Gasteiger charge is 2.21. The lowest BCUT2D eigenvalue weighted by atomic mass is 9.97. The summed E-state index contributed by atoms with van der Waals surface area (Å²) in [6, 6.07) is 9.80. The maximum atomic E-state index is 6.11. The summed E-state index contributed by atoms with van der Waals surface area (Å²) in [5.41, 5.74) is 2.93. The molecule has 1 N–H and O–H groups in total. The Bertz CT molecular complexity index is 1110. The Labute approximate surface area is 178 Å². The average Bonchev–Trinajstić information content (AvgIpc) is 3.33. The molecular weight excluding hydrogens is 402 g/mol. The van der Waals surface area contributed by atoms with Gasteiger partial charge in [0.25, 0.3) is 0 Å². The lowest BCUT2D eigenvalue weighted by Crippen LogP contribution is -2.20. The number of nitrogens with zero attached hydrogens (tertiary/aromatic N) is 4. The van der Waals surface area contributed by atoms with Crippen LogP contribution in [0, 0.1) is 0 Å². The van der Waals surface area contributed by atoms with Gasteiger partial charge in [0.2, 0.25) is 0 Å². The molecule has 1 saturated heterocycles. The molecule has 0 spiro atoms. The quantitative estimate of drug-likeness (QED) is 0.476. The minimum atomic E-state index is 0.547. The maximum absolute atomic E-state index is 6.11. The van der Waals surface area contributed by atoms with Gasteiger partial charge in [-0.2, -0.15) is 0 Å². The summed E-state index contributed by atoms with van der Waals surface area (Å²) in [5.74, 6) is 1.46. The first-order chi connectivity index (χ1) is 14.3. The third-order valence-corrected chi connectivity index (χ3v) is 6.85. The minimum Gasteiger partial charge on any atom is -0.317 e. The van der Waals surface area contributed by atoms with Gasteiger partial charge in [-0.05, 0) is 69.1 Å². The zero-order chi connectivity index (χ0) is 19.6. The van der Waals surface area contributed by atoms with Crippen LogP contribution in [0.15, 0.2) is 48.9 Å². The minimum absolute atomic E-state index is 0.547. The summed E-state index contributed by atoms with van der Waals surface area (Å²) < 4.78 is 2.15. The molecule has 148 valence electrons. The molecule has 0 saturated carbocycles. The van der Waals surface area contributed by atoms with Crippen LogP contribution in [-0.4, -0.2) is 32.6 Å². The first kappa shape index (κ1) is 18.7. The number of nitrogens with one attached hydrogen (secondary N) is 1. The summed E-state index contributed by atoms with van der Waals surface area (Å²) in [4.78, 5) is 15.1. The zero-order valence-electron chi connectivity index (χ0n) is 16.0. The summed E-state index contributed by atoms with van der Waals surface area (Å²) in [6.45, 7) is 2.21. The Kier molecular flexibility index (Phi) is 5.31. The molecule has 7 heteroatoms. The number of thiazole rings is 1. The molecule has 0 unspecified atom stereocenters. The molecule has 4 aromatic rings. The molecule has 4 heterocycles. The number of rotatable bonds is 3. The Morgan fingerprint density at radius 3 is 2.62 bits per heavy atom. The lowest BCUT2D eigenvalue weighted by molar-refractivity contribution is 0.465. The van der Waals surface area contributed by atoms with Crippen LogP contribution >= 0.6 is 22.9 Å². The molecule has 0 amide bonds. The molecule has 1 aliphatic rings. The van der Waals surface area contributed by atoms with Gasteiger partial charge in [-0.1, -0.05) is 11.6 Å². The number of pyridine rings is 1. The van der Waals surface area contributed by atoms with Crippen molar-refractivity contribution in [3.8, 4) is 16.4 Å². The van der Waals surface area contributed by atoms with Gasteiger partial charge in [0.05, 0.1) is 27.1 Å². The third kappa shape index (κ3) is 3.80. The van der Waals surface area contributed by atoms with Crippen LogP contribution < -0.4 is 5.32 Å². The highest BCUT2D eigenvalue weighted by Crippen LogP contribution is 2.36. The number of hydrogen-bond acceptors (Lipinski definition) is 5. The van der Waals surface area contributed by atoms with Gasteiger partial charge in [0, 0.05) is 29.0 Å². The molecule has 1 fully saturated rings. The maximum Gasteiger partial charge on any atom is 0.157 e. The molecule has 1 aliphatic heterocycles. The highest BCUT2D eigenvalue weighted by atomic mass is 35.5. The summed E-state index contributed by atoms with van der Waals surface area (Å²) in [7, 11) is 0. The van der Waals surface area contributed by atoms with E-state index in [9.17, 15) is 0 Å². The van der Waals surface area contributed by atoms with Gasteiger partial charge in [0.15, 0.2) is 5.82 Å². The Morgan fingerprint density at radius 2 is 1.83 bits per heavy atom. The zero-order valence-corrected chi connectivity index (χ0v) is 17.6. The molecule has 0 atom stereocenters. The molecule has 0 aliphatic carbocycles. The summed E-state index contributed by atoms with van der Waals surface area (Å²) in [5, 5.41) is 5.44. The van der Waals surface area contributed by atoms with Crippen LogP contribution in [0.25, 0.3) is 27.4 Å². The van der Waals surface area contributed by atoms with Gasteiger partial charge in [-0.15, -0.1) is 11.3 Å². The molecule has 0 radical (unpaired) electrons. The Balaban J connectivity index is 1.57. The van der Waals surface area contributed by atoms with E-state index in [1.807, 2.05) is 42.7 Å². The monoisotopic (exact) mass is 423 g/mol. The van der Waals surface area contributed by atoms with E-state index in [0.717, 1.165) is 45.5 Å². The van der Waals surface area contributed by atoms with E-state index >= 15 is 0 Å². The molecule has 3 aromatic heterocycles. The van der Waals surface area contributed by atoms with E-state index in [1.165, 1.54) is 30.7 Å². The fourth-order valence-electron chi connectivity index (χ4n) is 3.98. The van der Waals surface area contributed by atoms with Crippen molar-refractivity contribution in [1.82, 2.24) is 24.8 Å². The van der Waals surface area contributed by atoms with Crippen LogP contribution in [0.4, 0.5) is 0 Å². The smallest absolute Gasteiger partial charge is 0.157 e. The predicted octanol–water partition coefficient (Wildman–Crippen LogP) is 5.44. The number of hydrogen-bond donors (Lipinski definition) is 1. The number of fused-ring (bicyclic) bond motifs is 1. The average molecular weight is 424 g/mol. The molecule has 5 rings (SSSR count). The van der Waals surface area contributed by atoms with Crippen LogP contribution in [0.2, 0.25) is 5.02 Å². The van der Waals surface area contributed by atoms with Crippen LogP contribution in [0.5, 0.6) is 0 Å². The van der Waals surface area contributed by atoms with Crippen LogP contribution in [-0.2, 0) is 0 Å². The molecule has 29 heavy (non-hydrogen) atoms. The third-order valence-electron chi connectivity index (χ3n) is 5.45. The van der Waals surface area contributed by atoms with Gasteiger partial charge in [-0.3, -0.25) is 9.55 Å². The first-order valence-corrected chi connectivity index (χ1v) is 11.2. The number of aromatic nitrogens is 4. The fourth-order valence-corrected chi connectivity index (χ4v) is 5.18. The first-order valence-electron chi connectivity index (χ1n) is 10.0. The van der Waals surface area contributed by atoms with E-state index < -0.39 is 0 Å². The van der Waals surface area contributed by atoms with E-state index in [1.54, 1.807) is 17.5 Å². The second-order valence-corrected chi connectivity index (χ2v) is 8.90. The van der Waals surface area contributed by atoms with E-state index in [-0.39, 0.29) is 0 Å². The fraction of sp³-hybridized carbons (Fsp3) is 0.318. The number of benzene rings is 1. The van der Waals surface area contributed by atoms with Crippen molar-refractivity contribution in [3.63, 3.8) is 0 Å². The van der Waals surface area contributed by atoms with Crippen molar-refractivity contribution in [3.05, 3.63) is 59.0 Å². The summed E-state index contributed by atoms with van der Waals surface area (Å²) >= 11 is 7.89. The molecule has 5 nitrogen and oxygen atoms in total. The topological polar surface area (TPSA) is 55.6 Å². The van der Waals surface area contributed by atoms with E-state index in [2.05, 4.69) is 14.9 Å². The Hall–Kier alpha value is -2.28.